The largest absolute Gasteiger partial charge is 0.356 e. The van der Waals surface area contributed by atoms with Gasteiger partial charge in [0.15, 0.2) is 0 Å². The van der Waals surface area contributed by atoms with E-state index in [1.54, 1.807) is 13.2 Å². The van der Waals surface area contributed by atoms with E-state index in [1.807, 2.05) is 46.7 Å². The zero-order chi connectivity index (χ0) is 17.9. The molecule has 0 saturated heterocycles. The molecular formula is C19H23N7. The number of nitrogens with zero attached hydrogens (tertiary/aromatic N) is 5. The SMILES string of the molecule is CNC1CCC1.CNc1ncc2c(-c3ccc4nccn4c3)ccn2n1. The monoisotopic (exact) mass is 349 g/mol. The van der Waals surface area contributed by atoms with Gasteiger partial charge in [0.1, 0.15) is 5.65 Å². The summed E-state index contributed by atoms with van der Waals surface area (Å²) in [5.74, 6) is 0.602. The summed E-state index contributed by atoms with van der Waals surface area (Å²) in [4.78, 5) is 8.52. The molecule has 0 amide bonds. The first kappa shape index (κ1) is 16.5. The first-order valence-electron chi connectivity index (χ1n) is 8.91. The maximum Gasteiger partial charge on any atom is 0.240 e. The standard InChI is InChI=1S/C14H12N6.C5H11N/c1-15-14-17-8-12-11(4-6-20(12)18-14)10-2-3-13-16-5-7-19(13)9-10;1-6-5-3-2-4-5/h2-9H,1H3,(H,15,18);5-6H,2-4H2,1H3. The molecule has 1 aliphatic rings. The molecule has 0 bridgehead atoms. The smallest absolute Gasteiger partial charge is 0.240 e. The van der Waals surface area contributed by atoms with Crippen LogP contribution in [0.4, 0.5) is 5.95 Å². The van der Waals surface area contributed by atoms with Gasteiger partial charge in [-0.3, -0.25) is 0 Å². The van der Waals surface area contributed by atoms with E-state index in [1.165, 1.54) is 19.3 Å². The molecule has 7 nitrogen and oxygen atoms in total. The van der Waals surface area contributed by atoms with Crippen LogP contribution in [0.1, 0.15) is 19.3 Å². The molecule has 0 unspecified atom stereocenters. The summed E-state index contributed by atoms with van der Waals surface area (Å²) >= 11 is 0. The Morgan fingerprint density at radius 1 is 1.08 bits per heavy atom. The molecule has 0 aliphatic heterocycles. The van der Waals surface area contributed by atoms with Crippen LogP contribution < -0.4 is 10.6 Å². The van der Waals surface area contributed by atoms with Crippen molar-refractivity contribution in [2.24, 2.45) is 0 Å². The maximum absolute atomic E-state index is 4.37. The van der Waals surface area contributed by atoms with Gasteiger partial charge >= 0.3 is 0 Å². The minimum Gasteiger partial charge on any atom is -0.356 e. The molecule has 7 heteroatoms. The lowest BCUT2D eigenvalue weighted by Gasteiger charge is -2.23. The zero-order valence-corrected chi connectivity index (χ0v) is 15.1. The molecule has 0 atom stereocenters. The molecule has 1 fully saturated rings. The van der Waals surface area contributed by atoms with E-state index in [9.17, 15) is 0 Å². The first-order valence-corrected chi connectivity index (χ1v) is 8.91. The van der Waals surface area contributed by atoms with Crippen LogP contribution in [0.15, 0.2) is 49.2 Å². The minimum atomic E-state index is 0.602. The van der Waals surface area contributed by atoms with Crippen LogP contribution >= 0.6 is 0 Å². The summed E-state index contributed by atoms with van der Waals surface area (Å²) in [6, 6.07) is 6.97. The quantitative estimate of drug-likeness (QED) is 0.595. The molecule has 4 aromatic rings. The Kier molecular flexibility index (Phi) is 4.53. The van der Waals surface area contributed by atoms with Gasteiger partial charge in [-0.25, -0.2) is 14.5 Å². The van der Waals surface area contributed by atoms with E-state index < -0.39 is 0 Å². The van der Waals surface area contributed by atoms with E-state index in [2.05, 4.69) is 38.0 Å². The Morgan fingerprint density at radius 2 is 1.96 bits per heavy atom. The van der Waals surface area contributed by atoms with E-state index in [0.29, 0.717) is 5.95 Å². The number of hydrogen-bond donors (Lipinski definition) is 2. The highest BCUT2D eigenvalue weighted by Crippen LogP contribution is 2.25. The highest BCUT2D eigenvalue weighted by Gasteiger charge is 2.13. The predicted octanol–water partition coefficient (Wildman–Crippen LogP) is 2.84. The number of rotatable bonds is 3. The van der Waals surface area contributed by atoms with Crippen molar-refractivity contribution in [1.82, 2.24) is 29.3 Å². The fourth-order valence-corrected chi connectivity index (χ4v) is 3.04. The van der Waals surface area contributed by atoms with E-state index >= 15 is 0 Å². The summed E-state index contributed by atoms with van der Waals surface area (Å²) in [5, 5.41) is 10.5. The summed E-state index contributed by atoms with van der Waals surface area (Å²) in [6.45, 7) is 0. The van der Waals surface area contributed by atoms with Gasteiger partial charge in [-0.2, -0.15) is 0 Å². The molecule has 2 N–H and O–H groups in total. The van der Waals surface area contributed by atoms with Crippen molar-refractivity contribution in [2.45, 2.75) is 25.3 Å². The third-order valence-corrected chi connectivity index (χ3v) is 4.85. The lowest BCUT2D eigenvalue weighted by molar-refractivity contribution is 0.361. The number of nitrogens with one attached hydrogen (secondary N) is 2. The lowest BCUT2D eigenvalue weighted by atomic mass is 9.94. The molecule has 0 radical (unpaired) electrons. The van der Waals surface area contributed by atoms with Gasteiger partial charge in [0.25, 0.3) is 0 Å². The Hall–Kier alpha value is -2.93. The average Bonchev–Trinajstić information content (AvgIpc) is 3.26. The van der Waals surface area contributed by atoms with Gasteiger partial charge in [0.05, 0.1) is 11.7 Å². The summed E-state index contributed by atoms with van der Waals surface area (Å²) in [7, 11) is 3.84. The van der Waals surface area contributed by atoms with Gasteiger partial charge in [-0.1, -0.05) is 6.42 Å². The third kappa shape index (κ3) is 3.13. The summed E-state index contributed by atoms with van der Waals surface area (Å²) in [6.07, 6.45) is 13.8. The number of hydrogen-bond acceptors (Lipinski definition) is 5. The third-order valence-electron chi connectivity index (χ3n) is 4.85. The zero-order valence-electron chi connectivity index (χ0n) is 15.1. The molecule has 1 aliphatic carbocycles. The summed E-state index contributed by atoms with van der Waals surface area (Å²) < 4.78 is 3.83. The molecule has 0 aromatic carbocycles. The van der Waals surface area contributed by atoms with E-state index in [-0.39, 0.29) is 0 Å². The van der Waals surface area contributed by atoms with Gasteiger partial charge in [0, 0.05) is 49.0 Å². The normalized spacial score (nSPS) is 14.1. The van der Waals surface area contributed by atoms with Gasteiger partial charge in [0.2, 0.25) is 5.95 Å². The predicted molar refractivity (Wildman–Crippen MR) is 103 cm³/mol. The number of aromatic nitrogens is 5. The molecule has 4 heterocycles. The van der Waals surface area contributed by atoms with Crippen molar-refractivity contribution in [3.05, 3.63) is 49.2 Å². The van der Waals surface area contributed by atoms with Crippen LogP contribution in [0.5, 0.6) is 0 Å². The molecule has 0 spiro atoms. The Labute approximate surface area is 152 Å². The van der Waals surface area contributed by atoms with E-state index in [0.717, 1.165) is 28.3 Å². The fourth-order valence-electron chi connectivity index (χ4n) is 3.04. The fraction of sp³-hybridized carbons (Fsp3) is 0.316. The average molecular weight is 349 g/mol. The van der Waals surface area contributed by atoms with Crippen LogP contribution in [-0.4, -0.2) is 44.1 Å². The van der Waals surface area contributed by atoms with Crippen molar-refractivity contribution >= 4 is 17.1 Å². The topological polar surface area (TPSA) is 71.5 Å². The van der Waals surface area contributed by atoms with Gasteiger partial charge in [-0.05, 0) is 38.1 Å². The Balaban J connectivity index is 0.000000240. The number of anilines is 1. The second-order valence-electron chi connectivity index (χ2n) is 6.42. The van der Waals surface area contributed by atoms with Crippen LogP contribution in [0.2, 0.25) is 0 Å². The number of imidazole rings is 1. The van der Waals surface area contributed by atoms with Crippen LogP contribution in [0, 0.1) is 0 Å². The molecule has 26 heavy (non-hydrogen) atoms. The molecule has 134 valence electrons. The van der Waals surface area contributed by atoms with Crippen molar-refractivity contribution in [2.75, 3.05) is 19.4 Å². The van der Waals surface area contributed by atoms with Crippen molar-refractivity contribution in [1.29, 1.82) is 0 Å². The van der Waals surface area contributed by atoms with Crippen LogP contribution in [0.3, 0.4) is 0 Å². The first-order chi connectivity index (χ1) is 12.8. The second kappa shape index (κ2) is 7.13. The molecular weight excluding hydrogens is 326 g/mol. The molecule has 5 rings (SSSR count). The van der Waals surface area contributed by atoms with Crippen molar-refractivity contribution in [3.8, 4) is 11.1 Å². The summed E-state index contributed by atoms with van der Waals surface area (Å²) in [5.41, 5.74) is 4.12. The van der Waals surface area contributed by atoms with Crippen LogP contribution in [-0.2, 0) is 0 Å². The molecule has 1 saturated carbocycles. The second-order valence-corrected chi connectivity index (χ2v) is 6.42. The number of pyridine rings is 1. The Bertz CT molecular complexity index is 1010. The maximum atomic E-state index is 4.37. The molecule has 4 aromatic heterocycles. The van der Waals surface area contributed by atoms with E-state index in [4.69, 9.17) is 0 Å². The van der Waals surface area contributed by atoms with Crippen molar-refractivity contribution < 1.29 is 0 Å². The number of fused-ring (bicyclic) bond motifs is 2. The van der Waals surface area contributed by atoms with Gasteiger partial charge < -0.3 is 15.0 Å². The van der Waals surface area contributed by atoms with Crippen LogP contribution in [0.25, 0.3) is 22.3 Å². The van der Waals surface area contributed by atoms with Gasteiger partial charge in [-0.15, -0.1) is 5.10 Å². The lowest BCUT2D eigenvalue weighted by Crippen LogP contribution is -2.31. The highest BCUT2D eigenvalue weighted by molar-refractivity contribution is 5.80. The minimum absolute atomic E-state index is 0.602. The Morgan fingerprint density at radius 3 is 2.65 bits per heavy atom. The van der Waals surface area contributed by atoms with Crippen molar-refractivity contribution in [3.63, 3.8) is 0 Å². The highest BCUT2D eigenvalue weighted by atomic mass is 15.3.